The largest absolute Gasteiger partial charge is 0.484 e. The van der Waals surface area contributed by atoms with E-state index in [0.717, 1.165) is 36.1 Å². The summed E-state index contributed by atoms with van der Waals surface area (Å²) < 4.78 is 16.6. The lowest BCUT2D eigenvalue weighted by Gasteiger charge is -2.12. The fourth-order valence-electron chi connectivity index (χ4n) is 4.45. The van der Waals surface area contributed by atoms with E-state index < -0.39 is 11.9 Å². The number of esters is 1. The van der Waals surface area contributed by atoms with Gasteiger partial charge in [0.25, 0.3) is 5.91 Å². The number of hydrogen-bond acceptors (Lipinski definition) is 7. The third-order valence-electron chi connectivity index (χ3n) is 6.18. The van der Waals surface area contributed by atoms with Crippen LogP contribution < -0.4 is 15.5 Å². The first-order valence-corrected chi connectivity index (χ1v) is 13.2. The third kappa shape index (κ3) is 5.12. The number of hydrogen-bond donors (Lipinski definition) is 1. The van der Waals surface area contributed by atoms with Gasteiger partial charge in [0.2, 0.25) is 5.43 Å². The molecule has 1 N–H and O–H groups in total. The molecule has 0 fully saturated rings. The second kappa shape index (κ2) is 10.8. The maximum Gasteiger partial charge on any atom is 0.341 e. The predicted molar refractivity (Wildman–Crippen MR) is 144 cm³/mol. The highest BCUT2D eigenvalue weighted by Gasteiger charge is 2.27. The molecule has 0 unspecified atom stereocenters. The highest BCUT2D eigenvalue weighted by molar-refractivity contribution is 7.17. The Labute approximate surface area is 222 Å². The normalized spacial score (nSPS) is 12.7. The number of ether oxygens (including phenoxy) is 2. The Kier molecular flexibility index (Phi) is 7.30. The van der Waals surface area contributed by atoms with Crippen molar-refractivity contribution in [2.45, 2.75) is 32.6 Å². The van der Waals surface area contributed by atoms with Crippen LogP contribution in [0.5, 0.6) is 5.75 Å². The molecule has 37 heavy (non-hydrogen) atoms. The van der Waals surface area contributed by atoms with Crippen molar-refractivity contribution in [3.8, 4) is 16.9 Å². The zero-order valence-corrected chi connectivity index (χ0v) is 21.7. The molecule has 1 aliphatic rings. The van der Waals surface area contributed by atoms with E-state index in [1.165, 1.54) is 17.6 Å². The maximum absolute atomic E-state index is 13.0. The minimum absolute atomic E-state index is 0.216. The molecule has 2 aromatic heterocycles. The topological polar surface area (TPSA) is 94.8 Å². The van der Waals surface area contributed by atoms with Crippen LogP contribution in [0.1, 0.15) is 40.6 Å². The molecule has 0 aliphatic heterocycles. The van der Waals surface area contributed by atoms with E-state index in [1.54, 1.807) is 49.4 Å². The Hall–Kier alpha value is -3.62. The second-order valence-corrected chi connectivity index (χ2v) is 10.1. The van der Waals surface area contributed by atoms with E-state index in [9.17, 15) is 14.4 Å². The van der Waals surface area contributed by atoms with Gasteiger partial charge in [0, 0.05) is 21.5 Å². The van der Waals surface area contributed by atoms with Gasteiger partial charge in [-0.25, -0.2) is 4.79 Å². The molecule has 4 aromatic rings. The van der Waals surface area contributed by atoms with Gasteiger partial charge in [-0.2, -0.15) is 0 Å². The molecule has 190 valence electrons. The number of nitrogens with one attached hydrogen (secondary N) is 1. The summed E-state index contributed by atoms with van der Waals surface area (Å²) in [7, 11) is 0. The molecule has 0 saturated heterocycles. The van der Waals surface area contributed by atoms with E-state index in [-0.39, 0.29) is 18.6 Å². The molecular formula is C28H24ClNO6S. The molecule has 0 atom stereocenters. The molecule has 5 rings (SSSR count). The van der Waals surface area contributed by atoms with Crippen molar-refractivity contribution >= 4 is 50.8 Å². The molecule has 1 aliphatic carbocycles. The number of benzene rings is 2. The summed E-state index contributed by atoms with van der Waals surface area (Å²) >= 11 is 7.67. The molecule has 1 amide bonds. The van der Waals surface area contributed by atoms with Gasteiger partial charge in [-0.3, -0.25) is 9.59 Å². The summed E-state index contributed by atoms with van der Waals surface area (Å²) in [5.74, 6) is -0.453. The first-order valence-electron chi connectivity index (χ1n) is 12.0. The summed E-state index contributed by atoms with van der Waals surface area (Å²) in [5.41, 5.74) is 2.50. The lowest BCUT2D eigenvalue weighted by Crippen LogP contribution is -2.21. The van der Waals surface area contributed by atoms with Crippen LogP contribution >= 0.6 is 22.9 Å². The van der Waals surface area contributed by atoms with Crippen molar-refractivity contribution in [3.63, 3.8) is 0 Å². The summed E-state index contributed by atoms with van der Waals surface area (Å²) in [6.45, 7) is 1.74. The van der Waals surface area contributed by atoms with Crippen molar-refractivity contribution < 1.29 is 23.5 Å². The molecule has 7 nitrogen and oxygen atoms in total. The number of halogens is 1. The van der Waals surface area contributed by atoms with Crippen molar-refractivity contribution in [2.75, 3.05) is 18.5 Å². The van der Waals surface area contributed by atoms with Gasteiger partial charge in [0.05, 0.1) is 23.1 Å². The Morgan fingerprint density at radius 3 is 2.73 bits per heavy atom. The van der Waals surface area contributed by atoms with Gasteiger partial charge >= 0.3 is 5.97 Å². The average molecular weight is 538 g/mol. The molecule has 0 saturated carbocycles. The van der Waals surface area contributed by atoms with Crippen LogP contribution in [0.4, 0.5) is 5.00 Å². The molecule has 2 heterocycles. The highest BCUT2D eigenvalue weighted by atomic mass is 35.5. The molecule has 2 aromatic carbocycles. The Balaban J connectivity index is 1.31. The Morgan fingerprint density at radius 2 is 1.92 bits per heavy atom. The maximum atomic E-state index is 13.0. The van der Waals surface area contributed by atoms with Crippen LogP contribution in [0.2, 0.25) is 5.02 Å². The van der Waals surface area contributed by atoms with Crippen molar-refractivity contribution in [1.29, 1.82) is 0 Å². The van der Waals surface area contributed by atoms with Crippen LogP contribution in [-0.4, -0.2) is 25.1 Å². The Morgan fingerprint density at radius 1 is 1.11 bits per heavy atom. The van der Waals surface area contributed by atoms with Crippen LogP contribution in [-0.2, 0) is 22.4 Å². The summed E-state index contributed by atoms with van der Waals surface area (Å²) in [6, 6.07) is 11.8. The first kappa shape index (κ1) is 25.0. The SMILES string of the molecule is CCOC(=O)c1c(NC(=O)COc2ccc3c(=O)c(-c4ccccc4Cl)coc3c2)sc2c1CCCC2. The number of anilines is 1. The first-order chi connectivity index (χ1) is 18.0. The number of fused-ring (bicyclic) bond motifs is 2. The summed E-state index contributed by atoms with van der Waals surface area (Å²) in [5, 5.41) is 4.15. The Bertz CT molecular complexity index is 1560. The van der Waals surface area contributed by atoms with Crippen LogP contribution in [0, 0.1) is 0 Å². The molecule has 0 spiro atoms. The molecular weight excluding hydrogens is 514 g/mol. The lowest BCUT2D eigenvalue weighted by molar-refractivity contribution is -0.118. The van der Waals surface area contributed by atoms with E-state index in [2.05, 4.69) is 5.32 Å². The van der Waals surface area contributed by atoms with Crippen molar-refractivity contribution in [1.82, 2.24) is 0 Å². The third-order valence-corrected chi connectivity index (χ3v) is 7.72. The average Bonchev–Trinajstić information content (AvgIpc) is 3.26. The van der Waals surface area contributed by atoms with E-state index in [1.807, 2.05) is 0 Å². The van der Waals surface area contributed by atoms with E-state index in [0.29, 0.717) is 43.4 Å². The van der Waals surface area contributed by atoms with E-state index in [4.69, 9.17) is 25.5 Å². The number of amides is 1. The van der Waals surface area contributed by atoms with E-state index >= 15 is 0 Å². The minimum atomic E-state index is -0.418. The fourth-order valence-corrected chi connectivity index (χ4v) is 5.98. The summed E-state index contributed by atoms with van der Waals surface area (Å²) in [6.07, 6.45) is 5.12. The lowest BCUT2D eigenvalue weighted by atomic mass is 9.95. The number of aryl methyl sites for hydroxylation is 1. The van der Waals surface area contributed by atoms with Gasteiger partial charge in [0.1, 0.15) is 22.6 Å². The second-order valence-electron chi connectivity index (χ2n) is 8.59. The highest BCUT2D eigenvalue weighted by Crippen LogP contribution is 2.38. The van der Waals surface area contributed by atoms with Gasteiger partial charge in [-0.05, 0) is 56.4 Å². The fraction of sp³-hybridized carbons (Fsp3) is 0.250. The zero-order valence-electron chi connectivity index (χ0n) is 20.1. The van der Waals surface area contributed by atoms with Gasteiger partial charge in [-0.1, -0.05) is 29.8 Å². The quantitative estimate of drug-likeness (QED) is 0.280. The number of carbonyl (C=O) groups is 2. The van der Waals surface area contributed by atoms with Gasteiger partial charge in [0.15, 0.2) is 6.61 Å². The van der Waals surface area contributed by atoms with Gasteiger partial charge in [-0.15, -0.1) is 11.3 Å². The van der Waals surface area contributed by atoms with Crippen LogP contribution in [0.25, 0.3) is 22.1 Å². The van der Waals surface area contributed by atoms with Crippen molar-refractivity contribution in [2.24, 2.45) is 0 Å². The van der Waals surface area contributed by atoms with Gasteiger partial charge < -0.3 is 19.2 Å². The number of carbonyl (C=O) groups excluding carboxylic acids is 2. The molecule has 0 radical (unpaired) electrons. The smallest absolute Gasteiger partial charge is 0.341 e. The molecule has 9 heteroatoms. The number of thiophene rings is 1. The predicted octanol–water partition coefficient (Wildman–Crippen LogP) is 6.25. The van der Waals surface area contributed by atoms with Crippen molar-refractivity contribution in [3.05, 3.63) is 80.0 Å². The zero-order chi connectivity index (χ0) is 25.9. The summed E-state index contributed by atoms with van der Waals surface area (Å²) in [4.78, 5) is 39.5. The molecule has 0 bridgehead atoms. The standard InChI is InChI=1S/C28H24ClNO6S/c1-2-34-28(33)25-19-8-4-6-10-23(19)37-27(25)30-24(31)15-35-16-11-12-18-22(13-16)36-14-20(26(18)32)17-7-3-5-9-21(17)29/h3,5,7,9,11-14H,2,4,6,8,10,15H2,1H3,(H,30,31). The number of rotatable bonds is 7. The van der Waals surface area contributed by atoms with Crippen LogP contribution in [0.3, 0.4) is 0 Å². The minimum Gasteiger partial charge on any atom is -0.484 e. The van der Waals surface area contributed by atoms with Crippen LogP contribution in [0.15, 0.2) is 57.9 Å². The monoisotopic (exact) mass is 537 g/mol.